The molecule has 0 unspecified atom stereocenters. The van der Waals surface area contributed by atoms with E-state index in [1.165, 1.54) is 6.08 Å². The van der Waals surface area contributed by atoms with E-state index in [9.17, 15) is 4.79 Å². The van der Waals surface area contributed by atoms with Gasteiger partial charge in [0.15, 0.2) is 0 Å². The first-order chi connectivity index (χ1) is 7.29. The number of hydrogen-bond donors (Lipinski definition) is 0. The fraction of sp³-hybridized carbons (Fsp3) is 0.300. The molecule has 0 aromatic heterocycles. The van der Waals surface area contributed by atoms with E-state index in [1.807, 2.05) is 30.3 Å². The zero-order chi connectivity index (χ0) is 11.1. The van der Waals surface area contributed by atoms with Gasteiger partial charge < -0.3 is 8.85 Å². The van der Waals surface area contributed by atoms with Crippen molar-refractivity contribution in [2.75, 3.05) is 20.4 Å². The zero-order valence-electron chi connectivity index (χ0n) is 8.77. The van der Waals surface area contributed by atoms with Gasteiger partial charge in [0, 0.05) is 14.2 Å². The molecule has 0 atom stereocenters. The van der Waals surface area contributed by atoms with Crippen LogP contribution in [-0.4, -0.2) is 35.0 Å². The molecule has 0 bridgehead atoms. The molecule has 4 nitrogen and oxygen atoms in total. The molecule has 1 rings (SSSR count). The highest BCUT2D eigenvalue weighted by atomic mass is 28.4. The van der Waals surface area contributed by atoms with Crippen LogP contribution in [0.1, 0.15) is 0 Å². The second-order valence-corrected chi connectivity index (χ2v) is 6.15. The largest absolute Gasteiger partial charge is 0.395 e. The maximum Gasteiger partial charge on any atom is 0.395 e. The van der Waals surface area contributed by atoms with Crippen molar-refractivity contribution < 1.29 is 13.6 Å². The molecule has 0 N–H and O–H groups in total. The summed E-state index contributed by atoms with van der Waals surface area (Å²) >= 11 is 0. The highest BCUT2D eigenvalue weighted by Crippen LogP contribution is 2.06. The fourth-order valence-corrected chi connectivity index (χ4v) is 3.42. The Kier molecular flexibility index (Phi) is 4.39. The highest BCUT2D eigenvalue weighted by molar-refractivity contribution is 6.81. The van der Waals surface area contributed by atoms with Crippen LogP contribution in [0.4, 0.5) is 0 Å². The predicted molar refractivity (Wildman–Crippen MR) is 58.8 cm³/mol. The molecular formula is C10H13NO3Si. The lowest BCUT2D eigenvalue weighted by Crippen LogP contribution is -2.55. The van der Waals surface area contributed by atoms with Crippen molar-refractivity contribution in [2.24, 2.45) is 4.99 Å². The molecule has 5 heteroatoms. The normalized spacial score (nSPS) is 10.8. The molecule has 0 aliphatic carbocycles. The van der Waals surface area contributed by atoms with Crippen LogP contribution >= 0.6 is 0 Å². The van der Waals surface area contributed by atoms with Gasteiger partial charge in [0.25, 0.3) is 0 Å². The van der Waals surface area contributed by atoms with Crippen LogP contribution in [0.2, 0.25) is 0 Å². The van der Waals surface area contributed by atoms with Gasteiger partial charge in [0.2, 0.25) is 6.08 Å². The number of rotatable bonds is 5. The smallest absolute Gasteiger partial charge is 0.393 e. The first kappa shape index (κ1) is 11.8. The SMILES string of the molecule is CO[Si](CN=C=O)(OC)c1ccccc1. The Hall–Kier alpha value is -1.26. The molecule has 0 amide bonds. The van der Waals surface area contributed by atoms with Gasteiger partial charge in [-0.05, 0) is 5.19 Å². The molecule has 0 saturated heterocycles. The molecule has 0 heterocycles. The standard InChI is InChI=1S/C10H13NO3Si/c1-13-15(14-2,9-11-8-12)10-6-4-3-5-7-10/h3-7H,9H2,1-2H3. The minimum absolute atomic E-state index is 0.230. The van der Waals surface area contributed by atoms with Gasteiger partial charge >= 0.3 is 8.56 Å². The first-order valence-electron chi connectivity index (χ1n) is 4.48. The summed E-state index contributed by atoms with van der Waals surface area (Å²) in [5.41, 5.74) is 0. The van der Waals surface area contributed by atoms with Crippen LogP contribution in [0.3, 0.4) is 0 Å². The summed E-state index contributed by atoms with van der Waals surface area (Å²) in [7, 11) is 0.575. The van der Waals surface area contributed by atoms with E-state index in [2.05, 4.69) is 4.99 Å². The number of nitrogens with zero attached hydrogens (tertiary/aromatic N) is 1. The maximum atomic E-state index is 10.1. The Labute approximate surface area is 89.8 Å². The molecule has 1 aromatic carbocycles. The summed E-state index contributed by atoms with van der Waals surface area (Å²) in [6, 6.07) is 9.55. The zero-order valence-corrected chi connectivity index (χ0v) is 9.77. The van der Waals surface area contributed by atoms with Gasteiger partial charge in [-0.1, -0.05) is 30.3 Å². The summed E-state index contributed by atoms with van der Waals surface area (Å²) in [5.74, 6) is 0. The average molecular weight is 223 g/mol. The third-order valence-electron chi connectivity index (χ3n) is 2.22. The van der Waals surface area contributed by atoms with E-state index in [-0.39, 0.29) is 6.17 Å². The molecule has 0 aliphatic rings. The predicted octanol–water partition coefficient (Wildman–Crippen LogP) is 0.504. The summed E-state index contributed by atoms with van der Waals surface area (Å²) in [4.78, 5) is 13.7. The minimum Gasteiger partial charge on any atom is -0.393 e. The van der Waals surface area contributed by atoms with E-state index >= 15 is 0 Å². The molecule has 80 valence electrons. The van der Waals surface area contributed by atoms with Crippen molar-refractivity contribution in [2.45, 2.75) is 0 Å². The molecule has 0 saturated carbocycles. The van der Waals surface area contributed by atoms with Crippen molar-refractivity contribution in [3.63, 3.8) is 0 Å². The van der Waals surface area contributed by atoms with Crippen LogP contribution in [-0.2, 0) is 13.6 Å². The molecule has 0 spiro atoms. The lowest BCUT2D eigenvalue weighted by Gasteiger charge is -2.25. The molecule has 0 fully saturated rings. The van der Waals surface area contributed by atoms with E-state index < -0.39 is 8.56 Å². The molecule has 0 radical (unpaired) electrons. The summed E-state index contributed by atoms with van der Waals surface area (Å²) in [6.07, 6.45) is 1.74. The molecule has 0 aliphatic heterocycles. The Bertz CT molecular complexity index is 345. The van der Waals surface area contributed by atoms with Crippen LogP contribution in [0.25, 0.3) is 0 Å². The van der Waals surface area contributed by atoms with Gasteiger partial charge in [-0.3, -0.25) is 0 Å². The van der Waals surface area contributed by atoms with Crippen molar-refractivity contribution in [1.29, 1.82) is 0 Å². The maximum absolute atomic E-state index is 10.1. The first-order valence-corrected chi connectivity index (χ1v) is 6.51. The number of carbonyl (C=O) groups excluding carboxylic acids is 1. The molecule has 15 heavy (non-hydrogen) atoms. The Balaban J connectivity index is 3.04. The molecule has 1 aromatic rings. The van der Waals surface area contributed by atoms with E-state index in [4.69, 9.17) is 8.85 Å². The van der Waals surface area contributed by atoms with Crippen molar-refractivity contribution >= 4 is 19.8 Å². The van der Waals surface area contributed by atoms with Crippen molar-refractivity contribution in [3.05, 3.63) is 30.3 Å². The lowest BCUT2D eigenvalue weighted by atomic mass is 10.4. The van der Waals surface area contributed by atoms with Gasteiger partial charge in [-0.2, -0.15) is 0 Å². The second kappa shape index (κ2) is 5.58. The monoisotopic (exact) mass is 223 g/mol. The van der Waals surface area contributed by atoms with Crippen molar-refractivity contribution in [1.82, 2.24) is 0 Å². The van der Waals surface area contributed by atoms with Gasteiger partial charge in [0.1, 0.15) is 0 Å². The van der Waals surface area contributed by atoms with E-state index in [0.717, 1.165) is 5.19 Å². The van der Waals surface area contributed by atoms with Gasteiger partial charge in [-0.15, -0.1) is 0 Å². The summed E-state index contributed by atoms with van der Waals surface area (Å²) < 4.78 is 10.8. The number of isocyanates is 1. The van der Waals surface area contributed by atoms with Crippen LogP contribution in [0.15, 0.2) is 35.3 Å². The number of benzene rings is 1. The quantitative estimate of drug-likeness (QED) is 0.415. The second-order valence-electron chi connectivity index (χ2n) is 2.93. The van der Waals surface area contributed by atoms with Crippen LogP contribution in [0, 0.1) is 0 Å². The third-order valence-corrected chi connectivity index (χ3v) is 5.33. The number of aliphatic imine (C=N–C) groups is 1. The fourth-order valence-electron chi connectivity index (χ4n) is 1.37. The lowest BCUT2D eigenvalue weighted by molar-refractivity contribution is 0.259. The highest BCUT2D eigenvalue weighted by Gasteiger charge is 2.38. The van der Waals surface area contributed by atoms with E-state index in [0.29, 0.717) is 0 Å². The van der Waals surface area contributed by atoms with Crippen LogP contribution in [0.5, 0.6) is 0 Å². The molecular weight excluding hydrogens is 210 g/mol. The topological polar surface area (TPSA) is 47.9 Å². The summed E-state index contributed by atoms with van der Waals surface area (Å²) in [5, 5.41) is 0.953. The minimum atomic E-state index is -2.57. The third kappa shape index (κ3) is 2.61. The Morgan fingerprint density at radius 2 is 1.87 bits per heavy atom. The van der Waals surface area contributed by atoms with Crippen LogP contribution < -0.4 is 5.19 Å². The van der Waals surface area contributed by atoms with Gasteiger partial charge in [-0.25, -0.2) is 9.79 Å². The van der Waals surface area contributed by atoms with Crippen molar-refractivity contribution in [3.8, 4) is 0 Å². The van der Waals surface area contributed by atoms with Gasteiger partial charge in [0.05, 0.1) is 6.17 Å². The average Bonchev–Trinajstić information content (AvgIpc) is 2.33. The number of hydrogen-bond acceptors (Lipinski definition) is 4. The van der Waals surface area contributed by atoms with E-state index in [1.54, 1.807) is 14.2 Å². The summed E-state index contributed by atoms with van der Waals surface area (Å²) in [6.45, 7) is 0. The Morgan fingerprint density at radius 1 is 1.27 bits per heavy atom. The Morgan fingerprint density at radius 3 is 2.33 bits per heavy atom.